The number of rotatable bonds is 30. The lowest BCUT2D eigenvalue weighted by atomic mass is 10.0. The van der Waals surface area contributed by atoms with Crippen LogP contribution in [0.25, 0.3) is 0 Å². The number of esters is 3. The second-order valence-corrected chi connectivity index (χ2v) is 13.1. The van der Waals surface area contributed by atoms with Crippen molar-refractivity contribution in [1.82, 2.24) is 0 Å². The van der Waals surface area contributed by atoms with Crippen molar-refractivity contribution in [2.24, 2.45) is 11.8 Å². The van der Waals surface area contributed by atoms with Gasteiger partial charge in [0.1, 0.15) is 13.2 Å². The largest absolute Gasteiger partial charge is 0.462 e. The topological polar surface area (TPSA) is 78.9 Å². The molecular weight excluding hydrogens is 528 g/mol. The molecule has 0 spiro atoms. The van der Waals surface area contributed by atoms with Crippen LogP contribution in [0.5, 0.6) is 0 Å². The van der Waals surface area contributed by atoms with E-state index in [4.69, 9.17) is 14.2 Å². The molecule has 0 bridgehead atoms. The first kappa shape index (κ1) is 40.4. The Morgan fingerprint density at radius 2 is 0.786 bits per heavy atom. The first-order valence-corrected chi connectivity index (χ1v) is 17.7. The molecule has 0 radical (unpaired) electrons. The van der Waals surface area contributed by atoms with Gasteiger partial charge in [0, 0.05) is 19.3 Å². The van der Waals surface area contributed by atoms with Crippen LogP contribution in [0.3, 0.4) is 0 Å². The lowest BCUT2D eigenvalue weighted by molar-refractivity contribution is -0.167. The molecule has 0 heterocycles. The van der Waals surface area contributed by atoms with Crippen molar-refractivity contribution in [2.45, 2.75) is 188 Å². The minimum atomic E-state index is -0.757. The summed E-state index contributed by atoms with van der Waals surface area (Å²) in [6, 6.07) is 0. The van der Waals surface area contributed by atoms with Gasteiger partial charge in [0.05, 0.1) is 0 Å². The van der Waals surface area contributed by atoms with E-state index in [0.29, 0.717) is 19.3 Å². The second kappa shape index (κ2) is 29.5. The fraction of sp³-hybridized carbons (Fsp3) is 0.917. The number of hydrogen-bond acceptors (Lipinski definition) is 6. The summed E-state index contributed by atoms with van der Waals surface area (Å²) in [7, 11) is 0. The van der Waals surface area contributed by atoms with E-state index in [1.165, 1.54) is 64.2 Å². The van der Waals surface area contributed by atoms with Crippen LogP contribution in [0.2, 0.25) is 0 Å². The van der Waals surface area contributed by atoms with Crippen molar-refractivity contribution < 1.29 is 28.6 Å². The minimum absolute atomic E-state index is 0.0694. The zero-order valence-electron chi connectivity index (χ0n) is 28.4. The van der Waals surface area contributed by atoms with Gasteiger partial charge < -0.3 is 14.2 Å². The van der Waals surface area contributed by atoms with Crippen molar-refractivity contribution in [1.29, 1.82) is 0 Å². The summed E-state index contributed by atoms with van der Waals surface area (Å²) >= 11 is 0. The van der Waals surface area contributed by atoms with Crippen molar-refractivity contribution in [3.8, 4) is 0 Å². The van der Waals surface area contributed by atoms with Crippen LogP contribution in [-0.4, -0.2) is 37.2 Å². The Hall–Kier alpha value is -1.59. The fourth-order valence-electron chi connectivity index (χ4n) is 4.98. The molecule has 6 nitrogen and oxygen atoms in total. The lowest BCUT2D eigenvalue weighted by Gasteiger charge is -2.18. The molecule has 1 atom stereocenters. The summed E-state index contributed by atoms with van der Waals surface area (Å²) in [5.74, 6) is 0.648. The Morgan fingerprint density at radius 1 is 0.452 bits per heavy atom. The minimum Gasteiger partial charge on any atom is -0.462 e. The van der Waals surface area contributed by atoms with Gasteiger partial charge in [0.25, 0.3) is 0 Å². The lowest BCUT2D eigenvalue weighted by Crippen LogP contribution is -2.30. The summed E-state index contributed by atoms with van der Waals surface area (Å²) in [5, 5.41) is 0. The van der Waals surface area contributed by atoms with Gasteiger partial charge in [-0.05, 0) is 31.1 Å². The van der Waals surface area contributed by atoms with Gasteiger partial charge in [-0.3, -0.25) is 14.4 Å². The van der Waals surface area contributed by atoms with Crippen LogP contribution in [0.1, 0.15) is 182 Å². The summed E-state index contributed by atoms with van der Waals surface area (Å²) in [6.07, 6.45) is 22.8. The number of hydrogen-bond donors (Lipinski definition) is 0. The monoisotopic (exact) mass is 597 g/mol. The summed E-state index contributed by atoms with van der Waals surface area (Å²) < 4.78 is 16.4. The van der Waals surface area contributed by atoms with E-state index in [-0.39, 0.29) is 31.1 Å². The zero-order chi connectivity index (χ0) is 31.3. The van der Waals surface area contributed by atoms with E-state index < -0.39 is 6.10 Å². The summed E-state index contributed by atoms with van der Waals surface area (Å²) in [6.45, 7) is 11.1. The smallest absolute Gasteiger partial charge is 0.306 e. The fourth-order valence-corrected chi connectivity index (χ4v) is 4.98. The first-order valence-electron chi connectivity index (χ1n) is 17.7. The highest BCUT2D eigenvalue weighted by atomic mass is 16.6. The van der Waals surface area contributed by atoms with Crippen LogP contribution in [0.4, 0.5) is 0 Å². The van der Waals surface area contributed by atoms with Crippen LogP contribution in [0.15, 0.2) is 0 Å². The molecule has 6 heteroatoms. The van der Waals surface area contributed by atoms with Crippen LogP contribution < -0.4 is 0 Å². The molecule has 248 valence electrons. The molecule has 0 aromatic heterocycles. The van der Waals surface area contributed by atoms with Crippen molar-refractivity contribution in [2.75, 3.05) is 13.2 Å². The van der Waals surface area contributed by atoms with Gasteiger partial charge in [-0.2, -0.15) is 0 Å². The molecule has 0 saturated carbocycles. The Bertz CT molecular complexity index is 645. The Morgan fingerprint density at radius 3 is 1.17 bits per heavy atom. The van der Waals surface area contributed by atoms with E-state index in [2.05, 4.69) is 34.6 Å². The number of unbranched alkanes of at least 4 members (excludes halogenated alkanes) is 15. The second-order valence-electron chi connectivity index (χ2n) is 13.1. The molecular formula is C36H68O6. The maximum Gasteiger partial charge on any atom is 0.306 e. The molecule has 0 aromatic rings. The highest BCUT2D eigenvalue weighted by Crippen LogP contribution is 2.14. The number of ether oxygens (including phenoxy) is 3. The molecule has 0 amide bonds. The van der Waals surface area contributed by atoms with E-state index in [0.717, 1.165) is 76.0 Å². The SMILES string of the molecule is CCCCCCCC(=O)OC[C@H](COC(=O)CCCCCCCCCC(C)C)OC(=O)CCCCCCCCC(C)C. The van der Waals surface area contributed by atoms with E-state index >= 15 is 0 Å². The molecule has 42 heavy (non-hydrogen) atoms. The molecule has 0 fully saturated rings. The Balaban J connectivity index is 4.33. The summed E-state index contributed by atoms with van der Waals surface area (Å²) in [5.41, 5.74) is 0. The standard InChI is InChI=1S/C36H68O6/c1-6-7-8-14-21-26-34(37)40-29-33(42-36(39)28-23-18-13-12-16-20-25-32(4)5)30-41-35(38)27-22-17-11-9-10-15-19-24-31(2)3/h31-33H,6-30H2,1-5H3/t33-/m1/s1. The van der Waals surface area contributed by atoms with Crippen molar-refractivity contribution in [3.63, 3.8) is 0 Å². The van der Waals surface area contributed by atoms with Gasteiger partial charge in [-0.25, -0.2) is 0 Å². The van der Waals surface area contributed by atoms with Crippen molar-refractivity contribution in [3.05, 3.63) is 0 Å². The van der Waals surface area contributed by atoms with Crippen LogP contribution >= 0.6 is 0 Å². The highest BCUT2D eigenvalue weighted by Gasteiger charge is 2.19. The third-order valence-electron chi connectivity index (χ3n) is 7.72. The molecule has 0 saturated heterocycles. The number of carbonyl (C=O) groups excluding carboxylic acids is 3. The summed E-state index contributed by atoms with van der Waals surface area (Å²) in [4.78, 5) is 37.0. The molecule has 0 aliphatic carbocycles. The number of carbonyl (C=O) groups is 3. The molecule has 0 aliphatic rings. The quantitative estimate of drug-likeness (QED) is 0.0466. The van der Waals surface area contributed by atoms with Crippen LogP contribution in [-0.2, 0) is 28.6 Å². The molecule has 0 rings (SSSR count). The third-order valence-corrected chi connectivity index (χ3v) is 7.72. The molecule has 0 unspecified atom stereocenters. The molecule has 0 N–H and O–H groups in total. The normalized spacial score (nSPS) is 12.1. The van der Waals surface area contributed by atoms with E-state index in [1.54, 1.807) is 0 Å². The zero-order valence-corrected chi connectivity index (χ0v) is 28.4. The van der Waals surface area contributed by atoms with Gasteiger partial charge in [-0.15, -0.1) is 0 Å². The third kappa shape index (κ3) is 29.9. The van der Waals surface area contributed by atoms with Gasteiger partial charge >= 0.3 is 17.9 Å². The average Bonchev–Trinajstić information content (AvgIpc) is 2.94. The molecule has 0 aliphatic heterocycles. The first-order chi connectivity index (χ1) is 20.2. The average molecular weight is 597 g/mol. The highest BCUT2D eigenvalue weighted by molar-refractivity contribution is 5.71. The maximum atomic E-state index is 12.5. The van der Waals surface area contributed by atoms with Crippen LogP contribution in [0, 0.1) is 11.8 Å². The molecule has 0 aromatic carbocycles. The van der Waals surface area contributed by atoms with Gasteiger partial charge in [-0.1, -0.05) is 144 Å². The van der Waals surface area contributed by atoms with E-state index in [9.17, 15) is 14.4 Å². The predicted octanol–water partition coefficient (Wildman–Crippen LogP) is 10.3. The Labute approximate surface area is 259 Å². The van der Waals surface area contributed by atoms with Crippen molar-refractivity contribution >= 4 is 17.9 Å². The van der Waals surface area contributed by atoms with Gasteiger partial charge in [0.2, 0.25) is 0 Å². The van der Waals surface area contributed by atoms with E-state index in [1.807, 2.05) is 0 Å². The van der Waals surface area contributed by atoms with Gasteiger partial charge in [0.15, 0.2) is 6.10 Å². The maximum absolute atomic E-state index is 12.5. The Kier molecular flexibility index (Phi) is 28.4. The predicted molar refractivity (Wildman–Crippen MR) is 173 cm³/mol.